The van der Waals surface area contributed by atoms with Crippen LogP contribution < -0.4 is 11.1 Å². The van der Waals surface area contributed by atoms with E-state index < -0.39 is 17.8 Å². The van der Waals surface area contributed by atoms with Crippen molar-refractivity contribution in [3.05, 3.63) is 80.4 Å². The Hall–Kier alpha value is -3.02. The first-order chi connectivity index (χ1) is 14.6. The van der Waals surface area contributed by atoms with Gasteiger partial charge >= 0.3 is 6.18 Å². The number of nitrogens with one attached hydrogen (secondary N) is 2. The van der Waals surface area contributed by atoms with Gasteiger partial charge in [-0.2, -0.15) is 13.2 Å². The summed E-state index contributed by atoms with van der Waals surface area (Å²) in [5.74, 6) is -0.459. The van der Waals surface area contributed by atoms with Gasteiger partial charge < -0.3 is 5.73 Å². The van der Waals surface area contributed by atoms with Crippen LogP contribution in [-0.4, -0.2) is 28.0 Å². The van der Waals surface area contributed by atoms with Crippen molar-refractivity contribution in [3.8, 4) is 0 Å². The lowest BCUT2D eigenvalue weighted by Crippen LogP contribution is -2.21. The highest BCUT2D eigenvalue weighted by molar-refractivity contribution is 7.73. The standard InChI is InChI=1S/C19H13ClF3N5OS2/c20-12-3-1-2-4-13(12)25-14(9-15(24)19(21,22)23)10-5-7-11(8-6-10)16(29)26-17-27-28-18(30)31-17/h1-9H,24H2,(H,28,30)(H,26,27,29)/b15-9-,25-14?. The predicted molar refractivity (Wildman–Crippen MR) is 118 cm³/mol. The van der Waals surface area contributed by atoms with Gasteiger partial charge in [0.25, 0.3) is 5.91 Å². The number of carbonyl (C=O) groups is 1. The summed E-state index contributed by atoms with van der Waals surface area (Å²) >= 11 is 12.1. The lowest BCUT2D eigenvalue weighted by Gasteiger charge is -2.09. The number of aliphatic imine (C=N–C) groups is 1. The Bertz CT molecular complexity index is 1220. The van der Waals surface area contributed by atoms with Gasteiger partial charge in [0.1, 0.15) is 5.70 Å². The van der Waals surface area contributed by atoms with Crippen molar-refractivity contribution in [3.63, 3.8) is 0 Å². The molecule has 4 N–H and O–H groups in total. The minimum atomic E-state index is -4.73. The molecule has 0 aliphatic heterocycles. The molecule has 0 bridgehead atoms. The molecular formula is C19H13ClF3N5OS2. The average Bonchev–Trinajstić information content (AvgIpc) is 3.13. The van der Waals surface area contributed by atoms with Crippen molar-refractivity contribution >= 4 is 57.6 Å². The summed E-state index contributed by atoms with van der Waals surface area (Å²) in [5.41, 5.74) is 4.63. The molecule has 1 heterocycles. The van der Waals surface area contributed by atoms with Crippen LogP contribution in [0.4, 0.5) is 24.0 Å². The van der Waals surface area contributed by atoms with Crippen LogP contribution in [0, 0.1) is 3.95 Å². The molecule has 0 saturated carbocycles. The van der Waals surface area contributed by atoms with E-state index in [-0.39, 0.29) is 22.0 Å². The number of alkyl halides is 3. The molecule has 0 aliphatic rings. The molecule has 6 nitrogen and oxygen atoms in total. The smallest absolute Gasteiger partial charge is 0.395 e. The number of benzene rings is 2. The summed E-state index contributed by atoms with van der Waals surface area (Å²) in [6.45, 7) is 0. The van der Waals surface area contributed by atoms with Crippen molar-refractivity contribution in [2.24, 2.45) is 10.7 Å². The molecule has 0 unspecified atom stereocenters. The number of aromatic amines is 1. The molecule has 0 atom stereocenters. The van der Waals surface area contributed by atoms with Crippen molar-refractivity contribution < 1.29 is 18.0 Å². The molecule has 0 aliphatic carbocycles. The molecule has 3 rings (SSSR count). The minimum Gasteiger partial charge on any atom is -0.395 e. The number of rotatable bonds is 5. The maximum Gasteiger partial charge on any atom is 0.430 e. The SMILES string of the molecule is N/C(=C\C(=Nc1ccccc1Cl)c1ccc(C(=O)Nc2n[nH]c(=S)s2)cc1)C(F)(F)F. The molecule has 12 heteroatoms. The summed E-state index contributed by atoms with van der Waals surface area (Å²) in [7, 11) is 0. The topological polar surface area (TPSA) is 96.2 Å². The van der Waals surface area contributed by atoms with Crippen LogP contribution in [0.15, 0.2) is 65.3 Å². The Morgan fingerprint density at radius 2 is 1.84 bits per heavy atom. The molecule has 1 amide bonds. The lowest BCUT2D eigenvalue weighted by molar-refractivity contribution is -0.0925. The Labute approximate surface area is 188 Å². The van der Waals surface area contributed by atoms with Gasteiger partial charge in [-0.1, -0.05) is 47.2 Å². The molecule has 0 fully saturated rings. The molecule has 0 spiro atoms. The van der Waals surface area contributed by atoms with E-state index in [1.54, 1.807) is 24.3 Å². The molecule has 1 aromatic heterocycles. The first kappa shape index (κ1) is 22.7. The van der Waals surface area contributed by atoms with Gasteiger partial charge in [-0.15, -0.1) is 5.10 Å². The fourth-order valence-electron chi connectivity index (χ4n) is 2.33. The van der Waals surface area contributed by atoms with E-state index in [4.69, 9.17) is 29.6 Å². The fraction of sp³-hybridized carbons (Fsp3) is 0.0526. The third-order valence-corrected chi connectivity index (χ3v) is 5.14. The van der Waals surface area contributed by atoms with Crippen LogP contribution >= 0.6 is 35.2 Å². The second-order valence-corrected chi connectivity index (χ2v) is 8.07. The minimum absolute atomic E-state index is 0.0693. The lowest BCUT2D eigenvalue weighted by atomic mass is 10.1. The quantitative estimate of drug-likeness (QED) is 0.323. The number of carbonyl (C=O) groups excluding carboxylic acids is 1. The summed E-state index contributed by atoms with van der Waals surface area (Å²) < 4.78 is 39.3. The average molecular weight is 484 g/mol. The third kappa shape index (κ3) is 6.00. The summed E-state index contributed by atoms with van der Waals surface area (Å²) in [6, 6.07) is 12.2. The summed E-state index contributed by atoms with van der Waals surface area (Å²) in [5, 5.41) is 9.50. The largest absolute Gasteiger partial charge is 0.430 e. The number of hydrogen-bond acceptors (Lipinski definition) is 6. The molecule has 3 aromatic rings. The van der Waals surface area contributed by atoms with E-state index in [1.807, 2.05) is 0 Å². The van der Waals surface area contributed by atoms with Gasteiger partial charge in [-0.05, 0) is 42.6 Å². The highest BCUT2D eigenvalue weighted by Gasteiger charge is 2.31. The van der Waals surface area contributed by atoms with Gasteiger partial charge in [0.15, 0.2) is 3.95 Å². The number of amides is 1. The van der Waals surface area contributed by atoms with Crippen LogP contribution in [0.5, 0.6) is 0 Å². The van der Waals surface area contributed by atoms with Gasteiger partial charge in [0, 0.05) is 11.1 Å². The number of anilines is 1. The van der Waals surface area contributed by atoms with Crippen molar-refractivity contribution in [1.82, 2.24) is 10.2 Å². The molecule has 2 aromatic carbocycles. The van der Waals surface area contributed by atoms with E-state index in [1.165, 1.54) is 24.3 Å². The number of para-hydroxylation sites is 1. The number of nitrogens with two attached hydrogens (primary N) is 1. The van der Waals surface area contributed by atoms with E-state index in [0.29, 0.717) is 14.6 Å². The first-order valence-electron chi connectivity index (χ1n) is 8.48. The zero-order valence-corrected chi connectivity index (χ0v) is 17.8. The summed E-state index contributed by atoms with van der Waals surface area (Å²) in [4.78, 5) is 16.6. The Balaban J connectivity index is 1.95. The molecule has 0 radical (unpaired) electrons. The first-order valence-corrected chi connectivity index (χ1v) is 10.1. The predicted octanol–water partition coefficient (Wildman–Crippen LogP) is 5.63. The monoisotopic (exact) mass is 483 g/mol. The van der Waals surface area contributed by atoms with Crippen molar-refractivity contribution in [1.29, 1.82) is 0 Å². The Morgan fingerprint density at radius 1 is 1.19 bits per heavy atom. The number of allylic oxidation sites excluding steroid dienone is 2. The number of halogens is 4. The third-order valence-electron chi connectivity index (χ3n) is 3.81. The maximum atomic E-state index is 13.0. The van der Waals surface area contributed by atoms with Crippen LogP contribution in [0.1, 0.15) is 15.9 Å². The van der Waals surface area contributed by atoms with Crippen LogP contribution in [0.25, 0.3) is 0 Å². The van der Waals surface area contributed by atoms with Gasteiger partial charge in [-0.25, -0.2) is 4.99 Å². The molecule has 160 valence electrons. The number of aromatic nitrogens is 2. The zero-order valence-electron chi connectivity index (χ0n) is 15.4. The van der Waals surface area contributed by atoms with Crippen LogP contribution in [0.2, 0.25) is 5.02 Å². The van der Waals surface area contributed by atoms with Gasteiger partial charge in [0.2, 0.25) is 5.13 Å². The second-order valence-electron chi connectivity index (χ2n) is 6.00. The van der Waals surface area contributed by atoms with E-state index in [9.17, 15) is 18.0 Å². The Morgan fingerprint density at radius 3 is 2.42 bits per heavy atom. The van der Waals surface area contributed by atoms with E-state index in [0.717, 1.165) is 17.4 Å². The van der Waals surface area contributed by atoms with Crippen LogP contribution in [-0.2, 0) is 0 Å². The van der Waals surface area contributed by atoms with Gasteiger partial charge in [-0.3, -0.25) is 15.2 Å². The number of nitrogens with zero attached hydrogens (tertiary/aromatic N) is 2. The highest BCUT2D eigenvalue weighted by Crippen LogP contribution is 2.27. The maximum absolute atomic E-state index is 13.0. The van der Waals surface area contributed by atoms with Gasteiger partial charge in [0.05, 0.1) is 16.4 Å². The van der Waals surface area contributed by atoms with Crippen molar-refractivity contribution in [2.45, 2.75) is 6.18 Å². The summed E-state index contributed by atoms with van der Waals surface area (Å²) in [6.07, 6.45) is -4.01. The Kier molecular flexibility index (Phi) is 6.88. The molecule has 0 saturated heterocycles. The fourth-order valence-corrected chi connectivity index (χ4v) is 3.29. The van der Waals surface area contributed by atoms with Crippen molar-refractivity contribution in [2.75, 3.05) is 5.32 Å². The van der Waals surface area contributed by atoms with E-state index >= 15 is 0 Å². The van der Waals surface area contributed by atoms with Crippen LogP contribution in [0.3, 0.4) is 0 Å². The highest BCUT2D eigenvalue weighted by atomic mass is 35.5. The second kappa shape index (κ2) is 9.41. The van der Waals surface area contributed by atoms with E-state index in [2.05, 4.69) is 20.5 Å². The number of H-pyrrole nitrogens is 1. The normalized spacial score (nSPS) is 12.6. The molecule has 31 heavy (non-hydrogen) atoms. The zero-order chi connectivity index (χ0) is 22.6. The number of hydrogen-bond donors (Lipinski definition) is 3. The molecular weight excluding hydrogens is 471 g/mol.